The van der Waals surface area contributed by atoms with Crippen molar-refractivity contribution in [1.29, 1.82) is 0 Å². The lowest BCUT2D eigenvalue weighted by Gasteiger charge is -2.42. The van der Waals surface area contributed by atoms with Crippen molar-refractivity contribution in [2.75, 3.05) is 23.7 Å². The van der Waals surface area contributed by atoms with Gasteiger partial charge < -0.3 is 4.90 Å². The summed E-state index contributed by atoms with van der Waals surface area (Å²) in [7, 11) is -0.898. The van der Waals surface area contributed by atoms with E-state index in [0.29, 0.717) is 29.0 Å². The smallest absolute Gasteiger partial charge is 0.311 e. The highest BCUT2D eigenvalue weighted by Gasteiger charge is 2.40. The van der Waals surface area contributed by atoms with Crippen LogP contribution in [0.1, 0.15) is 26.7 Å². The van der Waals surface area contributed by atoms with E-state index in [1.54, 1.807) is 6.20 Å². The summed E-state index contributed by atoms with van der Waals surface area (Å²) in [4.78, 5) is 16.7. The normalized spacial score (nSPS) is 21.3. The van der Waals surface area contributed by atoms with Gasteiger partial charge in [-0.3, -0.25) is 19.3 Å². The second-order valence-corrected chi connectivity index (χ2v) is 7.93. The summed E-state index contributed by atoms with van der Waals surface area (Å²) in [5.41, 5.74) is 0.524. The summed E-state index contributed by atoms with van der Waals surface area (Å²) in [5.74, 6) is 0.535. The molecule has 116 valence electrons. The topological polar surface area (TPSA) is 76.3 Å². The molecular formula is C13H18BrN3O3S. The molecule has 0 aliphatic carbocycles. The van der Waals surface area contributed by atoms with Crippen LogP contribution < -0.4 is 4.90 Å². The number of anilines is 1. The molecule has 1 fully saturated rings. The number of nitrogens with zero attached hydrogens (tertiary/aromatic N) is 3. The molecule has 1 aliphatic heterocycles. The van der Waals surface area contributed by atoms with Crippen LogP contribution in [0.2, 0.25) is 0 Å². The number of hydrogen-bond acceptors (Lipinski definition) is 5. The molecule has 1 aliphatic rings. The quantitative estimate of drug-likeness (QED) is 0.597. The molecule has 0 saturated carbocycles. The van der Waals surface area contributed by atoms with Crippen molar-refractivity contribution < 1.29 is 9.13 Å². The van der Waals surface area contributed by atoms with Gasteiger partial charge in [0.25, 0.3) is 0 Å². The molecule has 0 spiro atoms. The van der Waals surface area contributed by atoms with Crippen LogP contribution in [0.15, 0.2) is 16.9 Å². The molecule has 1 atom stereocenters. The summed E-state index contributed by atoms with van der Waals surface area (Å²) >= 11 is 3.36. The third-order valence-electron chi connectivity index (χ3n) is 4.16. The maximum Gasteiger partial charge on any atom is 0.311 e. The molecule has 2 heterocycles. The van der Waals surface area contributed by atoms with E-state index < -0.39 is 15.7 Å². The van der Waals surface area contributed by atoms with E-state index in [1.165, 1.54) is 6.20 Å². The summed E-state index contributed by atoms with van der Waals surface area (Å²) < 4.78 is 12.7. The van der Waals surface area contributed by atoms with Gasteiger partial charge in [0.15, 0.2) is 0 Å². The highest BCUT2D eigenvalue weighted by Crippen LogP contribution is 2.39. The molecule has 0 radical (unpaired) electrons. The van der Waals surface area contributed by atoms with E-state index in [0.717, 1.165) is 12.8 Å². The summed E-state index contributed by atoms with van der Waals surface area (Å²) in [6.07, 6.45) is 4.42. The van der Waals surface area contributed by atoms with Gasteiger partial charge in [0.05, 0.1) is 14.1 Å². The van der Waals surface area contributed by atoms with E-state index in [9.17, 15) is 14.3 Å². The zero-order valence-electron chi connectivity index (χ0n) is 12.0. The predicted octanol–water partition coefficient (Wildman–Crippen LogP) is 2.88. The van der Waals surface area contributed by atoms with Crippen LogP contribution >= 0.6 is 15.9 Å². The van der Waals surface area contributed by atoms with Crippen LogP contribution in [0.5, 0.6) is 0 Å². The SMILES string of the molecule is CCC1(CC)CN(c2c(Br)cncc2[N+](=O)[O-])CCS1=O. The molecule has 0 N–H and O–H groups in total. The number of nitro groups is 1. The molecular weight excluding hydrogens is 358 g/mol. The van der Waals surface area contributed by atoms with Gasteiger partial charge in [0.2, 0.25) is 0 Å². The molecule has 6 nitrogen and oxygen atoms in total. The number of rotatable bonds is 4. The number of pyridine rings is 1. The Morgan fingerprint density at radius 1 is 1.48 bits per heavy atom. The number of aromatic nitrogens is 1. The largest absolute Gasteiger partial charge is 0.363 e. The Kier molecular flexibility index (Phi) is 4.98. The van der Waals surface area contributed by atoms with Gasteiger partial charge in [0.1, 0.15) is 11.9 Å². The van der Waals surface area contributed by atoms with Crippen LogP contribution in [-0.2, 0) is 10.8 Å². The average Bonchev–Trinajstić information content (AvgIpc) is 2.48. The Balaban J connectivity index is 2.44. The number of halogens is 1. The molecule has 2 rings (SSSR count). The zero-order chi connectivity index (χ0) is 15.6. The molecule has 0 bridgehead atoms. The fourth-order valence-electron chi connectivity index (χ4n) is 2.76. The predicted molar refractivity (Wildman–Crippen MR) is 87.1 cm³/mol. The summed E-state index contributed by atoms with van der Waals surface area (Å²) in [6.45, 7) is 5.18. The van der Waals surface area contributed by atoms with Gasteiger partial charge in [-0.1, -0.05) is 13.8 Å². The lowest BCUT2D eigenvalue weighted by atomic mass is 10.0. The molecule has 0 aromatic carbocycles. The molecule has 1 unspecified atom stereocenters. The third kappa shape index (κ3) is 2.96. The molecule has 21 heavy (non-hydrogen) atoms. The fraction of sp³-hybridized carbons (Fsp3) is 0.615. The first kappa shape index (κ1) is 16.4. The lowest BCUT2D eigenvalue weighted by Crippen LogP contribution is -2.53. The highest BCUT2D eigenvalue weighted by molar-refractivity contribution is 9.10. The van der Waals surface area contributed by atoms with Crippen molar-refractivity contribution in [1.82, 2.24) is 4.98 Å². The monoisotopic (exact) mass is 375 g/mol. The second-order valence-electron chi connectivity index (χ2n) is 5.11. The van der Waals surface area contributed by atoms with Gasteiger partial charge in [-0.2, -0.15) is 0 Å². The van der Waals surface area contributed by atoms with E-state index in [4.69, 9.17) is 0 Å². The third-order valence-corrected chi connectivity index (χ3v) is 6.97. The zero-order valence-corrected chi connectivity index (χ0v) is 14.4. The van der Waals surface area contributed by atoms with Crippen molar-refractivity contribution in [3.63, 3.8) is 0 Å². The van der Waals surface area contributed by atoms with Crippen LogP contribution in [-0.4, -0.2) is 37.7 Å². The fourth-order valence-corrected chi connectivity index (χ4v) is 5.09. The van der Waals surface area contributed by atoms with Crippen molar-refractivity contribution >= 4 is 38.1 Å². The van der Waals surface area contributed by atoms with E-state index in [1.807, 2.05) is 18.7 Å². The van der Waals surface area contributed by atoms with Crippen molar-refractivity contribution in [3.05, 3.63) is 27.0 Å². The molecule has 1 aromatic heterocycles. The van der Waals surface area contributed by atoms with Crippen LogP contribution in [0, 0.1) is 10.1 Å². The maximum atomic E-state index is 12.4. The first-order valence-electron chi connectivity index (χ1n) is 6.86. The van der Waals surface area contributed by atoms with E-state index in [-0.39, 0.29) is 10.4 Å². The van der Waals surface area contributed by atoms with E-state index >= 15 is 0 Å². The average molecular weight is 376 g/mol. The Hall–Kier alpha value is -1.02. The van der Waals surface area contributed by atoms with Gasteiger partial charge in [0, 0.05) is 35.8 Å². The first-order chi connectivity index (χ1) is 9.95. The Morgan fingerprint density at radius 3 is 2.71 bits per heavy atom. The molecule has 8 heteroatoms. The second kappa shape index (κ2) is 6.39. The van der Waals surface area contributed by atoms with Crippen molar-refractivity contribution in [3.8, 4) is 0 Å². The first-order valence-corrected chi connectivity index (χ1v) is 8.97. The minimum atomic E-state index is -0.898. The maximum absolute atomic E-state index is 12.4. The molecule has 1 aromatic rings. The van der Waals surface area contributed by atoms with Crippen molar-refractivity contribution in [2.45, 2.75) is 31.4 Å². The Morgan fingerprint density at radius 2 is 2.14 bits per heavy atom. The van der Waals surface area contributed by atoms with Gasteiger partial charge in [-0.25, -0.2) is 0 Å². The van der Waals surface area contributed by atoms with Gasteiger partial charge in [-0.05, 0) is 28.8 Å². The molecule has 1 saturated heterocycles. The number of hydrogen-bond donors (Lipinski definition) is 0. The summed E-state index contributed by atoms with van der Waals surface area (Å²) in [6, 6.07) is 0. The summed E-state index contributed by atoms with van der Waals surface area (Å²) in [5, 5.41) is 11.2. The Labute approximate surface area is 134 Å². The molecule has 0 amide bonds. The minimum Gasteiger partial charge on any atom is -0.363 e. The van der Waals surface area contributed by atoms with Crippen LogP contribution in [0.3, 0.4) is 0 Å². The Bertz CT molecular complexity index is 578. The minimum absolute atomic E-state index is 0.0156. The van der Waals surface area contributed by atoms with Crippen LogP contribution in [0.25, 0.3) is 0 Å². The van der Waals surface area contributed by atoms with Crippen molar-refractivity contribution in [2.24, 2.45) is 0 Å². The highest BCUT2D eigenvalue weighted by atomic mass is 79.9. The van der Waals surface area contributed by atoms with Gasteiger partial charge >= 0.3 is 5.69 Å². The standard InChI is InChI=1S/C13H18BrN3O3S/c1-3-13(4-2)9-16(5-6-21(13)20)12-10(14)7-15-8-11(12)17(18)19/h7-8H,3-6,9H2,1-2H3. The lowest BCUT2D eigenvalue weighted by molar-refractivity contribution is -0.384. The van der Waals surface area contributed by atoms with Gasteiger partial charge in [-0.15, -0.1) is 0 Å². The van der Waals surface area contributed by atoms with Crippen LogP contribution in [0.4, 0.5) is 11.4 Å². The van der Waals surface area contributed by atoms with E-state index in [2.05, 4.69) is 20.9 Å².